The number of likely N-dealkylation sites (tertiary alicyclic amines) is 1. The normalized spacial score (nSPS) is 16.0. The van der Waals surface area contributed by atoms with Crippen LogP contribution in [0.1, 0.15) is 32.3 Å². The maximum atomic E-state index is 12.3. The molecule has 1 aromatic rings. The summed E-state index contributed by atoms with van der Waals surface area (Å²) >= 11 is 6.24. The Bertz CT molecular complexity index is 487. The fourth-order valence-corrected chi connectivity index (χ4v) is 2.74. The first-order valence-corrected chi connectivity index (χ1v) is 7.94. The minimum absolute atomic E-state index is 0.0434. The minimum Gasteiger partial charge on any atom is -0.479 e. The van der Waals surface area contributed by atoms with Gasteiger partial charge in [0.15, 0.2) is 6.10 Å². The first-order valence-electron chi connectivity index (χ1n) is 7.57. The summed E-state index contributed by atoms with van der Waals surface area (Å²) in [4.78, 5) is 14.2. The maximum absolute atomic E-state index is 12.3. The van der Waals surface area contributed by atoms with E-state index in [4.69, 9.17) is 16.3 Å². The maximum Gasteiger partial charge on any atom is 0.263 e. The van der Waals surface area contributed by atoms with Gasteiger partial charge in [-0.3, -0.25) is 4.79 Å². The van der Waals surface area contributed by atoms with Gasteiger partial charge in [0.2, 0.25) is 0 Å². The number of ether oxygens (including phenoxy) is 1. The van der Waals surface area contributed by atoms with Gasteiger partial charge < -0.3 is 15.0 Å². The van der Waals surface area contributed by atoms with Crippen molar-refractivity contribution < 1.29 is 9.53 Å². The molecule has 116 valence electrons. The molecule has 1 fully saturated rings. The number of nitrogens with zero attached hydrogens (tertiary/aromatic N) is 1. The van der Waals surface area contributed by atoms with Crippen LogP contribution in [0.15, 0.2) is 18.2 Å². The third-order valence-electron chi connectivity index (χ3n) is 3.67. The van der Waals surface area contributed by atoms with Crippen molar-refractivity contribution >= 4 is 17.5 Å². The summed E-state index contributed by atoms with van der Waals surface area (Å²) in [5.41, 5.74) is 0.977. The van der Waals surface area contributed by atoms with E-state index in [1.165, 1.54) is 0 Å². The molecular formula is C16H23ClN2O2. The predicted octanol–water partition coefficient (Wildman–Crippen LogP) is 2.84. The third kappa shape index (κ3) is 4.11. The lowest BCUT2D eigenvalue weighted by atomic mass is 10.2. The highest BCUT2D eigenvalue weighted by molar-refractivity contribution is 6.32. The molecule has 4 nitrogen and oxygen atoms in total. The van der Waals surface area contributed by atoms with Crippen molar-refractivity contribution in [2.75, 3.05) is 19.6 Å². The molecule has 0 radical (unpaired) electrons. The molecule has 1 N–H and O–H groups in total. The SMILES string of the molecule is CCNCc1cccc(Cl)c1OC(C)C(=O)N1CCCC1. The van der Waals surface area contributed by atoms with Crippen LogP contribution in [0.3, 0.4) is 0 Å². The van der Waals surface area contributed by atoms with Crippen LogP contribution in [-0.2, 0) is 11.3 Å². The number of amides is 1. The lowest BCUT2D eigenvalue weighted by Crippen LogP contribution is -2.38. The first-order chi connectivity index (χ1) is 10.1. The molecule has 1 amide bonds. The molecule has 1 aliphatic rings. The lowest BCUT2D eigenvalue weighted by molar-refractivity contribution is -0.136. The molecule has 1 heterocycles. The molecule has 21 heavy (non-hydrogen) atoms. The number of halogens is 1. The molecule has 0 saturated carbocycles. The first kappa shape index (κ1) is 16.1. The molecule has 1 atom stereocenters. The van der Waals surface area contributed by atoms with Crippen LogP contribution in [0.2, 0.25) is 5.02 Å². The second kappa shape index (κ2) is 7.66. The van der Waals surface area contributed by atoms with Crippen LogP contribution < -0.4 is 10.1 Å². The number of benzene rings is 1. The van der Waals surface area contributed by atoms with Gasteiger partial charge in [-0.15, -0.1) is 0 Å². The highest BCUT2D eigenvalue weighted by Crippen LogP contribution is 2.30. The fourth-order valence-electron chi connectivity index (χ4n) is 2.51. The summed E-state index contributed by atoms with van der Waals surface area (Å²) in [5.74, 6) is 0.655. The summed E-state index contributed by atoms with van der Waals surface area (Å²) in [6.45, 7) is 7.05. The Labute approximate surface area is 131 Å². The smallest absolute Gasteiger partial charge is 0.263 e. The van der Waals surface area contributed by atoms with E-state index in [0.29, 0.717) is 17.3 Å². The molecule has 0 spiro atoms. The average molecular weight is 311 g/mol. The van der Waals surface area contributed by atoms with Crippen LogP contribution in [-0.4, -0.2) is 36.5 Å². The zero-order valence-electron chi connectivity index (χ0n) is 12.7. The van der Waals surface area contributed by atoms with Crippen molar-refractivity contribution in [2.45, 2.75) is 39.3 Å². The van der Waals surface area contributed by atoms with E-state index in [-0.39, 0.29) is 5.91 Å². The summed E-state index contributed by atoms with van der Waals surface area (Å²) in [6.07, 6.45) is 1.65. The zero-order valence-corrected chi connectivity index (χ0v) is 13.4. The van der Waals surface area contributed by atoms with Crippen molar-refractivity contribution in [1.82, 2.24) is 10.2 Å². The molecule has 1 unspecified atom stereocenters. The number of para-hydroxylation sites is 1. The van der Waals surface area contributed by atoms with Crippen molar-refractivity contribution in [2.24, 2.45) is 0 Å². The van der Waals surface area contributed by atoms with E-state index in [1.807, 2.05) is 24.0 Å². The number of carbonyl (C=O) groups excluding carboxylic acids is 1. The van der Waals surface area contributed by atoms with Gasteiger partial charge in [-0.05, 0) is 32.4 Å². The number of hydrogen-bond donors (Lipinski definition) is 1. The van der Waals surface area contributed by atoms with Crippen molar-refractivity contribution in [3.05, 3.63) is 28.8 Å². The second-order valence-electron chi connectivity index (χ2n) is 5.30. The van der Waals surface area contributed by atoms with Gasteiger partial charge in [0.05, 0.1) is 5.02 Å². The van der Waals surface area contributed by atoms with Crippen LogP contribution >= 0.6 is 11.6 Å². The summed E-state index contributed by atoms with van der Waals surface area (Å²) in [5, 5.41) is 3.80. The van der Waals surface area contributed by atoms with Gasteiger partial charge in [-0.1, -0.05) is 30.7 Å². The highest BCUT2D eigenvalue weighted by atomic mass is 35.5. The van der Waals surface area contributed by atoms with Gasteiger partial charge in [0.1, 0.15) is 5.75 Å². The van der Waals surface area contributed by atoms with Crippen molar-refractivity contribution in [1.29, 1.82) is 0 Å². The van der Waals surface area contributed by atoms with Gasteiger partial charge in [0, 0.05) is 25.2 Å². The number of nitrogens with one attached hydrogen (secondary N) is 1. The van der Waals surface area contributed by atoms with E-state index < -0.39 is 6.10 Å². The Balaban J connectivity index is 2.08. The van der Waals surface area contributed by atoms with E-state index in [2.05, 4.69) is 5.32 Å². The van der Waals surface area contributed by atoms with Gasteiger partial charge >= 0.3 is 0 Å². The van der Waals surface area contributed by atoms with Crippen LogP contribution in [0.5, 0.6) is 5.75 Å². The van der Waals surface area contributed by atoms with Crippen molar-refractivity contribution in [3.8, 4) is 5.75 Å². The Morgan fingerprint density at radius 1 is 1.43 bits per heavy atom. The Morgan fingerprint density at radius 2 is 2.14 bits per heavy atom. The molecule has 1 saturated heterocycles. The van der Waals surface area contributed by atoms with Crippen molar-refractivity contribution in [3.63, 3.8) is 0 Å². The summed E-state index contributed by atoms with van der Waals surface area (Å²) in [6, 6.07) is 5.66. The largest absolute Gasteiger partial charge is 0.479 e. The third-order valence-corrected chi connectivity index (χ3v) is 3.97. The molecule has 0 aromatic heterocycles. The minimum atomic E-state index is -0.511. The molecule has 2 rings (SSSR count). The average Bonchev–Trinajstić information content (AvgIpc) is 3.01. The van der Waals surface area contributed by atoms with Gasteiger partial charge in [-0.2, -0.15) is 0 Å². The number of rotatable bonds is 6. The number of hydrogen-bond acceptors (Lipinski definition) is 3. The monoisotopic (exact) mass is 310 g/mol. The molecule has 0 bridgehead atoms. The van der Waals surface area contributed by atoms with Crippen LogP contribution in [0.4, 0.5) is 0 Å². The number of carbonyl (C=O) groups is 1. The highest BCUT2D eigenvalue weighted by Gasteiger charge is 2.25. The molecule has 5 heteroatoms. The van der Waals surface area contributed by atoms with E-state index in [0.717, 1.165) is 38.0 Å². The Kier molecular flexibility index (Phi) is 5.88. The zero-order chi connectivity index (χ0) is 15.2. The van der Waals surface area contributed by atoms with E-state index >= 15 is 0 Å². The van der Waals surface area contributed by atoms with Crippen LogP contribution in [0.25, 0.3) is 0 Å². The van der Waals surface area contributed by atoms with E-state index in [1.54, 1.807) is 13.0 Å². The van der Waals surface area contributed by atoms with E-state index in [9.17, 15) is 4.79 Å². The Hall–Kier alpha value is -1.26. The molecule has 0 aliphatic carbocycles. The molecular weight excluding hydrogens is 288 g/mol. The topological polar surface area (TPSA) is 41.6 Å². The molecule has 1 aliphatic heterocycles. The quantitative estimate of drug-likeness (QED) is 0.878. The molecule has 1 aromatic carbocycles. The summed E-state index contributed by atoms with van der Waals surface area (Å²) < 4.78 is 5.88. The predicted molar refractivity (Wildman–Crippen MR) is 84.7 cm³/mol. The lowest BCUT2D eigenvalue weighted by Gasteiger charge is -2.23. The van der Waals surface area contributed by atoms with Gasteiger partial charge in [0.25, 0.3) is 5.91 Å². The standard InChI is InChI=1S/C16H23ClN2O2/c1-3-18-11-13-7-6-8-14(17)15(13)21-12(2)16(20)19-9-4-5-10-19/h6-8,12,18H,3-5,9-11H2,1-2H3. The fraction of sp³-hybridized carbons (Fsp3) is 0.562. The summed E-state index contributed by atoms with van der Waals surface area (Å²) in [7, 11) is 0. The van der Waals surface area contributed by atoms with Crippen LogP contribution in [0, 0.1) is 0 Å². The van der Waals surface area contributed by atoms with Gasteiger partial charge in [-0.25, -0.2) is 0 Å². The Morgan fingerprint density at radius 3 is 2.81 bits per heavy atom. The second-order valence-corrected chi connectivity index (χ2v) is 5.71.